The average Bonchev–Trinajstić information content (AvgIpc) is 2.50. The summed E-state index contributed by atoms with van der Waals surface area (Å²) in [5.41, 5.74) is 0. The SMILES string of the molecule is CC.CN1CCN(CCN2CCC(CCO)CC2)CC1. The van der Waals surface area contributed by atoms with Crippen LogP contribution in [0, 0.1) is 5.92 Å². The van der Waals surface area contributed by atoms with Crippen LogP contribution in [-0.4, -0.2) is 85.8 Å². The second-order valence-electron chi connectivity index (χ2n) is 5.94. The minimum Gasteiger partial charge on any atom is -0.396 e. The Labute approximate surface area is 125 Å². The van der Waals surface area contributed by atoms with E-state index in [9.17, 15) is 0 Å². The van der Waals surface area contributed by atoms with Crippen LogP contribution in [0.1, 0.15) is 33.1 Å². The van der Waals surface area contributed by atoms with Crippen LogP contribution in [0.5, 0.6) is 0 Å². The second-order valence-corrected chi connectivity index (χ2v) is 5.94. The van der Waals surface area contributed by atoms with Gasteiger partial charge in [0.1, 0.15) is 0 Å². The van der Waals surface area contributed by atoms with Gasteiger partial charge in [-0.2, -0.15) is 0 Å². The van der Waals surface area contributed by atoms with E-state index in [-0.39, 0.29) is 0 Å². The molecule has 0 aromatic carbocycles. The summed E-state index contributed by atoms with van der Waals surface area (Å²) in [5.74, 6) is 0.773. The molecule has 0 bridgehead atoms. The highest BCUT2D eigenvalue weighted by atomic mass is 16.3. The largest absolute Gasteiger partial charge is 0.396 e. The number of piperidine rings is 1. The standard InChI is InChI=1S/C14H29N3O.C2H6/c1-15-7-9-17(10-8-15)12-11-16-5-2-14(3-6-16)4-13-18;1-2/h14,18H,2-13H2,1H3;1-2H3. The van der Waals surface area contributed by atoms with Gasteiger partial charge in [-0.05, 0) is 45.3 Å². The van der Waals surface area contributed by atoms with E-state index >= 15 is 0 Å². The molecule has 0 aromatic rings. The summed E-state index contributed by atoms with van der Waals surface area (Å²) in [6.07, 6.45) is 3.57. The summed E-state index contributed by atoms with van der Waals surface area (Å²) in [6.45, 7) is 14.2. The zero-order valence-corrected chi connectivity index (χ0v) is 13.9. The fraction of sp³-hybridized carbons (Fsp3) is 1.00. The molecule has 4 nitrogen and oxygen atoms in total. The van der Waals surface area contributed by atoms with E-state index in [0.29, 0.717) is 6.61 Å². The van der Waals surface area contributed by atoms with Crippen LogP contribution in [0.4, 0.5) is 0 Å². The molecule has 0 spiro atoms. The van der Waals surface area contributed by atoms with Gasteiger partial charge >= 0.3 is 0 Å². The summed E-state index contributed by atoms with van der Waals surface area (Å²) in [5, 5.41) is 8.96. The third-order valence-corrected chi connectivity index (χ3v) is 4.57. The molecule has 0 aliphatic carbocycles. The van der Waals surface area contributed by atoms with Crippen LogP contribution in [-0.2, 0) is 0 Å². The maximum atomic E-state index is 8.96. The van der Waals surface area contributed by atoms with Gasteiger partial charge in [0.2, 0.25) is 0 Å². The van der Waals surface area contributed by atoms with Crippen molar-refractivity contribution >= 4 is 0 Å². The molecule has 2 fully saturated rings. The highest BCUT2D eigenvalue weighted by molar-refractivity contribution is 4.75. The van der Waals surface area contributed by atoms with Gasteiger partial charge in [-0.15, -0.1) is 0 Å². The molecule has 2 rings (SSSR count). The molecule has 2 saturated heterocycles. The first kappa shape index (κ1) is 17.9. The van der Waals surface area contributed by atoms with E-state index in [1.165, 1.54) is 65.2 Å². The zero-order valence-electron chi connectivity index (χ0n) is 13.9. The van der Waals surface area contributed by atoms with Crippen LogP contribution in [0.15, 0.2) is 0 Å². The summed E-state index contributed by atoms with van der Waals surface area (Å²) in [7, 11) is 2.21. The van der Waals surface area contributed by atoms with E-state index in [1.807, 2.05) is 13.8 Å². The first-order chi connectivity index (χ1) is 9.78. The highest BCUT2D eigenvalue weighted by Crippen LogP contribution is 2.19. The molecule has 0 unspecified atom stereocenters. The predicted molar refractivity (Wildman–Crippen MR) is 86.2 cm³/mol. The molecule has 2 aliphatic rings. The molecular formula is C16H35N3O. The molecule has 0 radical (unpaired) electrons. The monoisotopic (exact) mass is 285 g/mol. The maximum Gasteiger partial charge on any atom is 0.0433 e. The number of likely N-dealkylation sites (tertiary alicyclic amines) is 1. The zero-order chi connectivity index (χ0) is 14.8. The van der Waals surface area contributed by atoms with Crippen molar-refractivity contribution in [3.63, 3.8) is 0 Å². The number of aliphatic hydroxyl groups is 1. The molecule has 0 saturated carbocycles. The fourth-order valence-corrected chi connectivity index (χ4v) is 3.04. The number of hydrogen-bond acceptors (Lipinski definition) is 4. The van der Waals surface area contributed by atoms with E-state index in [4.69, 9.17) is 5.11 Å². The van der Waals surface area contributed by atoms with E-state index in [0.717, 1.165) is 12.3 Å². The lowest BCUT2D eigenvalue weighted by Gasteiger charge is -2.36. The van der Waals surface area contributed by atoms with Gasteiger partial charge in [0.25, 0.3) is 0 Å². The molecule has 120 valence electrons. The molecule has 0 amide bonds. The number of nitrogens with zero attached hydrogens (tertiary/aromatic N) is 3. The Morgan fingerprint density at radius 2 is 1.35 bits per heavy atom. The van der Waals surface area contributed by atoms with Crippen molar-refractivity contribution in [2.24, 2.45) is 5.92 Å². The predicted octanol–water partition coefficient (Wildman–Crippen LogP) is 1.35. The van der Waals surface area contributed by atoms with Crippen LogP contribution >= 0.6 is 0 Å². The lowest BCUT2D eigenvalue weighted by molar-refractivity contribution is 0.114. The summed E-state index contributed by atoms with van der Waals surface area (Å²) in [6, 6.07) is 0. The summed E-state index contributed by atoms with van der Waals surface area (Å²) < 4.78 is 0. The van der Waals surface area contributed by atoms with Crippen LogP contribution in [0.3, 0.4) is 0 Å². The Kier molecular flexibility index (Phi) is 9.44. The Morgan fingerprint density at radius 3 is 1.85 bits per heavy atom. The van der Waals surface area contributed by atoms with Crippen LogP contribution in [0.25, 0.3) is 0 Å². The molecule has 2 heterocycles. The van der Waals surface area contributed by atoms with Gasteiger partial charge in [0, 0.05) is 45.9 Å². The quantitative estimate of drug-likeness (QED) is 0.826. The molecule has 2 aliphatic heterocycles. The van der Waals surface area contributed by atoms with Gasteiger partial charge in [0.15, 0.2) is 0 Å². The van der Waals surface area contributed by atoms with Gasteiger partial charge in [-0.25, -0.2) is 0 Å². The first-order valence-electron chi connectivity index (χ1n) is 8.52. The van der Waals surface area contributed by atoms with E-state index in [2.05, 4.69) is 21.7 Å². The first-order valence-corrected chi connectivity index (χ1v) is 8.52. The van der Waals surface area contributed by atoms with Crippen molar-refractivity contribution in [2.75, 3.05) is 66.0 Å². The van der Waals surface area contributed by atoms with Gasteiger partial charge in [-0.3, -0.25) is 4.90 Å². The van der Waals surface area contributed by atoms with Crippen molar-refractivity contribution in [3.05, 3.63) is 0 Å². The molecular weight excluding hydrogens is 250 g/mol. The van der Waals surface area contributed by atoms with E-state index < -0.39 is 0 Å². The molecule has 0 aromatic heterocycles. The number of piperazine rings is 1. The van der Waals surface area contributed by atoms with Crippen molar-refractivity contribution in [2.45, 2.75) is 33.1 Å². The van der Waals surface area contributed by atoms with Crippen molar-refractivity contribution in [1.29, 1.82) is 0 Å². The molecule has 0 atom stereocenters. The topological polar surface area (TPSA) is 30.0 Å². The number of hydrogen-bond donors (Lipinski definition) is 1. The summed E-state index contributed by atoms with van der Waals surface area (Å²) >= 11 is 0. The van der Waals surface area contributed by atoms with Crippen LogP contribution < -0.4 is 0 Å². The van der Waals surface area contributed by atoms with Crippen molar-refractivity contribution in [1.82, 2.24) is 14.7 Å². The third-order valence-electron chi connectivity index (χ3n) is 4.57. The summed E-state index contributed by atoms with van der Waals surface area (Å²) in [4.78, 5) is 7.61. The average molecular weight is 285 g/mol. The second kappa shape index (κ2) is 10.6. The normalized spacial score (nSPS) is 23.4. The van der Waals surface area contributed by atoms with Gasteiger partial charge < -0.3 is 14.9 Å². The molecule has 20 heavy (non-hydrogen) atoms. The van der Waals surface area contributed by atoms with Crippen molar-refractivity contribution in [3.8, 4) is 0 Å². The van der Waals surface area contributed by atoms with Crippen molar-refractivity contribution < 1.29 is 5.11 Å². The Hall–Kier alpha value is -0.160. The smallest absolute Gasteiger partial charge is 0.0433 e. The third kappa shape index (κ3) is 6.53. The minimum absolute atomic E-state index is 0.367. The van der Waals surface area contributed by atoms with E-state index in [1.54, 1.807) is 0 Å². The molecule has 1 N–H and O–H groups in total. The number of likely N-dealkylation sites (N-methyl/N-ethyl adjacent to an activating group) is 1. The Balaban J connectivity index is 0.000000956. The fourth-order valence-electron chi connectivity index (χ4n) is 3.04. The number of rotatable bonds is 5. The lowest BCUT2D eigenvalue weighted by Crippen LogP contribution is -2.47. The van der Waals surface area contributed by atoms with Crippen LogP contribution in [0.2, 0.25) is 0 Å². The van der Waals surface area contributed by atoms with Gasteiger partial charge in [0.05, 0.1) is 0 Å². The van der Waals surface area contributed by atoms with Gasteiger partial charge in [-0.1, -0.05) is 13.8 Å². The molecule has 4 heteroatoms. The lowest BCUT2D eigenvalue weighted by atomic mass is 9.94. The Bertz CT molecular complexity index is 222. The number of aliphatic hydroxyl groups excluding tert-OH is 1. The minimum atomic E-state index is 0.367. The maximum absolute atomic E-state index is 8.96. The Morgan fingerprint density at radius 1 is 0.850 bits per heavy atom. The highest BCUT2D eigenvalue weighted by Gasteiger charge is 2.20.